The van der Waals surface area contributed by atoms with E-state index in [-0.39, 0.29) is 22.9 Å². The first-order valence-corrected chi connectivity index (χ1v) is 12.4. The Morgan fingerprint density at radius 2 is 1.79 bits per heavy atom. The highest BCUT2D eigenvalue weighted by Gasteiger charge is 2.25. The minimum atomic E-state index is -3.53. The number of fused-ring (bicyclic) bond motifs is 1. The molecule has 0 radical (unpaired) electrons. The monoisotopic (exact) mass is 469 g/mol. The van der Waals surface area contributed by atoms with E-state index in [4.69, 9.17) is 4.74 Å². The van der Waals surface area contributed by atoms with E-state index in [0.717, 1.165) is 24.6 Å². The number of hydrogen-bond acceptors (Lipinski definition) is 5. The third-order valence-electron chi connectivity index (χ3n) is 5.88. The van der Waals surface area contributed by atoms with Gasteiger partial charge in [0.15, 0.2) is 0 Å². The first kappa shape index (κ1) is 23.0. The van der Waals surface area contributed by atoms with Crippen LogP contribution in [0.2, 0.25) is 0 Å². The van der Waals surface area contributed by atoms with Crippen molar-refractivity contribution in [2.75, 3.05) is 26.7 Å². The summed E-state index contributed by atoms with van der Waals surface area (Å²) in [7, 11) is -1.96. The molecule has 0 atom stereocenters. The number of H-pyrrole nitrogens is 1. The molecule has 1 saturated heterocycles. The third kappa shape index (κ3) is 5.09. The Hall–Kier alpha value is -3.17. The number of carbonyl (C=O) groups is 1. The van der Waals surface area contributed by atoms with Gasteiger partial charge in [0, 0.05) is 36.8 Å². The van der Waals surface area contributed by atoms with Gasteiger partial charge in [0.1, 0.15) is 5.75 Å². The van der Waals surface area contributed by atoms with Gasteiger partial charge in [0.2, 0.25) is 10.0 Å². The normalized spacial score (nSPS) is 14.8. The Labute approximate surface area is 192 Å². The lowest BCUT2D eigenvalue weighted by Crippen LogP contribution is -2.35. The van der Waals surface area contributed by atoms with Crippen LogP contribution in [0.3, 0.4) is 0 Å². The molecule has 0 saturated carbocycles. The van der Waals surface area contributed by atoms with Gasteiger partial charge >= 0.3 is 0 Å². The second-order valence-corrected chi connectivity index (χ2v) is 10.0. The van der Waals surface area contributed by atoms with Crippen LogP contribution in [0.5, 0.6) is 5.75 Å². The van der Waals surface area contributed by atoms with Crippen molar-refractivity contribution in [1.29, 1.82) is 0 Å². The molecule has 1 aromatic heterocycles. The molecule has 2 aromatic carbocycles. The Morgan fingerprint density at radius 1 is 1.06 bits per heavy atom. The van der Waals surface area contributed by atoms with E-state index >= 15 is 0 Å². The Morgan fingerprint density at radius 3 is 2.48 bits per heavy atom. The van der Waals surface area contributed by atoms with Crippen LogP contribution in [0.4, 0.5) is 0 Å². The number of rotatable bonds is 7. The number of aromatic amines is 1. The van der Waals surface area contributed by atoms with Gasteiger partial charge in [-0.25, -0.2) is 8.42 Å². The lowest BCUT2D eigenvalue weighted by Gasteiger charge is -2.25. The molecule has 9 heteroatoms. The molecule has 0 unspecified atom stereocenters. The largest absolute Gasteiger partial charge is 0.497 e. The van der Waals surface area contributed by atoms with Crippen molar-refractivity contribution >= 4 is 26.8 Å². The highest BCUT2D eigenvalue weighted by Crippen LogP contribution is 2.21. The summed E-state index contributed by atoms with van der Waals surface area (Å²) >= 11 is 0. The van der Waals surface area contributed by atoms with Crippen molar-refractivity contribution in [3.8, 4) is 5.75 Å². The van der Waals surface area contributed by atoms with Crippen LogP contribution in [0, 0.1) is 0 Å². The number of benzene rings is 2. The summed E-state index contributed by atoms with van der Waals surface area (Å²) in [6, 6.07) is 13.2. The molecule has 0 aliphatic carbocycles. The van der Waals surface area contributed by atoms with E-state index in [1.54, 1.807) is 19.2 Å². The number of nitrogens with one attached hydrogen (secondary N) is 2. The lowest BCUT2D eigenvalue weighted by molar-refractivity contribution is 0.0954. The molecule has 1 amide bonds. The number of aromatic nitrogens is 1. The molecular formula is C24H27N3O5S. The Bertz CT molecular complexity index is 1310. The average molecular weight is 470 g/mol. The summed E-state index contributed by atoms with van der Waals surface area (Å²) in [5, 5.41) is 3.67. The van der Waals surface area contributed by atoms with Crippen LogP contribution in [-0.4, -0.2) is 50.4 Å². The summed E-state index contributed by atoms with van der Waals surface area (Å²) in [5.74, 6) is 0.340. The second-order valence-electron chi connectivity index (χ2n) is 8.07. The third-order valence-corrected chi connectivity index (χ3v) is 7.79. The first-order chi connectivity index (χ1) is 15.9. The minimum Gasteiger partial charge on any atom is -0.497 e. The van der Waals surface area contributed by atoms with E-state index in [9.17, 15) is 18.0 Å². The van der Waals surface area contributed by atoms with Gasteiger partial charge in [-0.15, -0.1) is 0 Å². The molecule has 2 N–H and O–H groups in total. The standard InChI is InChI=1S/C24H27N3O5S/c1-32-20-8-5-18-15-19(24(29)26-22(18)16-20)11-12-25-23(28)17-6-9-21(10-7-17)33(30,31)27-13-3-2-4-14-27/h5-10,15-16H,2-4,11-14H2,1H3,(H,25,28)(H,26,29). The Balaban J connectivity index is 1.38. The second kappa shape index (κ2) is 9.76. The SMILES string of the molecule is COc1ccc2cc(CCNC(=O)c3ccc(S(=O)(=O)N4CCCCC4)cc3)c(=O)[nH]c2c1. The van der Waals surface area contributed by atoms with Gasteiger partial charge < -0.3 is 15.0 Å². The number of amides is 1. The van der Waals surface area contributed by atoms with Crippen molar-refractivity contribution in [2.45, 2.75) is 30.6 Å². The maximum atomic E-state index is 12.7. The molecule has 0 spiro atoms. The van der Waals surface area contributed by atoms with Crippen LogP contribution >= 0.6 is 0 Å². The maximum Gasteiger partial charge on any atom is 0.251 e. The zero-order chi connectivity index (χ0) is 23.4. The van der Waals surface area contributed by atoms with E-state index in [1.165, 1.54) is 28.6 Å². The highest BCUT2D eigenvalue weighted by molar-refractivity contribution is 7.89. The van der Waals surface area contributed by atoms with Crippen LogP contribution in [0.15, 0.2) is 58.2 Å². The smallest absolute Gasteiger partial charge is 0.251 e. The molecule has 0 bridgehead atoms. The fraction of sp³-hybridized carbons (Fsp3) is 0.333. The van der Waals surface area contributed by atoms with E-state index in [2.05, 4.69) is 10.3 Å². The number of sulfonamides is 1. The van der Waals surface area contributed by atoms with Gasteiger partial charge in [-0.2, -0.15) is 4.31 Å². The zero-order valence-corrected chi connectivity index (χ0v) is 19.3. The molecular weight excluding hydrogens is 442 g/mol. The number of ether oxygens (including phenoxy) is 1. The lowest BCUT2D eigenvalue weighted by atomic mass is 10.1. The van der Waals surface area contributed by atoms with Crippen molar-refractivity contribution in [3.05, 3.63) is 70.0 Å². The molecule has 1 aliphatic heterocycles. The van der Waals surface area contributed by atoms with E-state index in [1.807, 2.05) is 12.1 Å². The van der Waals surface area contributed by atoms with E-state index in [0.29, 0.717) is 41.9 Å². The molecule has 174 valence electrons. The van der Waals surface area contributed by atoms with E-state index < -0.39 is 10.0 Å². The molecule has 1 aliphatic rings. The molecule has 8 nitrogen and oxygen atoms in total. The van der Waals surface area contributed by atoms with Crippen molar-refractivity contribution < 1.29 is 17.9 Å². The average Bonchev–Trinajstić information content (AvgIpc) is 2.84. The van der Waals surface area contributed by atoms with Gasteiger partial charge in [-0.1, -0.05) is 6.42 Å². The minimum absolute atomic E-state index is 0.195. The number of methoxy groups -OCH3 is 1. The summed E-state index contributed by atoms with van der Waals surface area (Å²) in [5.41, 5.74) is 1.41. The van der Waals surface area contributed by atoms with Gasteiger partial charge in [0.25, 0.3) is 11.5 Å². The molecule has 4 rings (SSSR count). The van der Waals surface area contributed by atoms with Gasteiger partial charge in [-0.3, -0.25) is 9.59 Å². The van der Waals surface area contributed by atoms with Crippen molar-refractivity contribution in [3.63, 3.8) is 0 Å². The first-order valence-electron chi connectivity index (χ1n) is 11.0. The number of piperidine rings is 1. The van der Waals surface area contributed by atoms with Gasteiger partial charge in [0.05, 0.1) is 17.5 Å². The Kier molecular flexibility index (Phi) is 6.80. The molecule has 2 heterocycles. The predicted molar refractivity (Wildman–Crippen MR) is 126 cm³/mol. The predicted octanol–water partition coefficient (Wildman–Crippen LogP) is 2.68. The zero-order valence-electron chi connectivity index (χ0n) is 18.5. The van der Waals surface area contributed by atoms with Crippen molar-refractivity contribution in [1.82, 2.24) is 14.6 Å². The van der Waals surface area contributed by atoms with Crippen LogP contribution in [0.25, 0.3) is 10.9 Å². The van der Waals surface area contributed by atoms with Gasteiger partial charge in [-0.05, 0) is 67.1 Å². The number of carbonyl (C=O) groups excluding carboxylic acids is 1. The summed E-state index contributed by atoms with van der Waals surface area (Å²) in [6.45, 7) is 1.34. The summed E-state index contributed by atoms with van der Waals surface area (Å²) in [4.78, 5) is 27.9. The fourth-order valence-electron chi connectivity index (χ4n) is 3.98. The highest BCUT2D eigenvalue weighted by atomic mass is 32.2. The van der Waals surface area contributed by atoms with Crippen LogP contribution < -0.4 is 15.6 Å². The fourth-order valence-corrected chi connectivity index (χ4v) is 5.50. The topological polar surface area (TPSA) is 109 Å². The van der Waals surface area contributed by atoms with Crippen molar-refractivity contribution in [2.24, 2.45) is 0 Å². The quantitative estimate of drug-likeness (QED) is 0.553. The summed E-state index contributed by atoms with van der Waals surface area (Å²) < 4.78 is 32.2. The number of hydrogen-bond donors (Lipinski definition) is 2. The summed E-state index contributed by atoms with van der Waals surface area (Å²) in [6.07, 6.45) is 3.15. The molecule has 3 aromatic rings. The van der Waals surface area contributed by atoms with Crippen LogP contribution in [0.1, 0.15) is 35.2 Å². The number of nitrogens with zero attached hydrogens (tertiary/aromatic N) is 1. The van der Waals surface area contributed by atoms with Crippen LogP contribution in [-0.2, 0) is 16.4 Å². The molecule has 1 fully saturated rings. The molecule has 33 heavy (non-hydrogen) atoms. The number of pyridine rings is 1. The maximum absolute atomic E-state index is 12.7.